The number of ether oxygens (including phenoxy) is 1. The van der Waals surface area contributed by atoms with Crippen LogP contribution in [-0.4, -0.2) is 80.2 Å². The predicted molar refractivity (Wildman–Crippen MR) is 155 cm³/mol. The van der Waals surface area contributed by atoms with Gasteiger partial charge in [-0.25, -0.2) is 16.8 Å². The van der Waals surface area contributed by atoms with Crippen molar-refractivity contribution in [3.05, 3.63) is 35.9 Å². The SMILES string of the molecule is CC.CS(=O)(=O)N1CCC[C@H]1C(=O)O.CS(=O)(=O)N1CCC[C@H]1C(=O)OCc1ccccc1.P.PP. The zero-order chi connectivity index (χ0) is 27.2. The van der Waals surface area contributed by atoms with Gasteiger partial charge in [0.15, 0.2) is 0 Å². The van der Waals surface area contributed by atoms with Crippen LogP contribution in [0.1, 0.15) is 45.1 Å². The fourth-order valence-electron chi connectivity index (χ4n) is 3.58. The molecule has 0 bridgehead atoms. The minimum atomic E-state index is -3.35. The van der Waals surface area contributed by atoms with E-state index < -0.39 is 44.1 Å². The Morgan fingerprint density at radius 3 is 1.72 bits per heavy atom. The number of carbonyl (C=O) groups is 2. The molecule has 1 N–H and O–H groups in total. The summed E-state index contributed by atoms with van der Waals surface area (Å²) in [6, 6.07) is 7.81. The van der Waals surface area contributed by atoms with Gasteiger partial charge in [0.05, 0.1) is 12.5 Å². The minimum absolute atomic E-state index is 0. The van der Waals surface area contributed by atoms with E-state index in [1.54, 1.807) is 0 Å². The van der Waals surface area contributed by atoms with Crippen molar-refractivity contribution < 1.29 is 36.3 Å². The Labute approximate surface area is 223 Å². The summed E-state index contributed by atoms with van der Waals surface area (Å²) in [7, 11) is -2.02. The lowest BCUT2D eigenvalue weighted by molar-refractivity contribution is -0.148. The van der Waals surface area contributed by atoms with Gasteiger partial charge in [-0.3, -0.25) is 9.59 Å². The summed E-state index contributed by atoms with van der Waals surface area (Å²) in [5.41, 5.74) is 0.889. The Bertz CT molecular complexity index is 996. The van der Waals surface area contributed by atoms with Crippen LogP contribution in [-0.2, 0) is 41.0 Å². The summed E-state index contributed by atoms with van der Waals surface area (Å²) in [6.07, 6.45) is 4.43. The van der Waals surface area contributed by atoms with Crippen LogP contribution in [0.4, 0.5) is 0 Å². The van der Waals surface area contributed by atoms with E-state index in [4.69, 9.17) is 9.84 Å². The third-order valence-corrected chi connectivity index (χ3v) is 7.62. The molecule has 3 unspecified atom stereocenters. The van der Waals surface area contributed by atoms with Gasteiger partial charge < -0.3 is 9.84 Å². The highest BCUT2D eigenvalue weighted by atomic mass is 32.2. The Hall–Kier alpha value is -0.730. The number of nitrogens with zero attached hydrogens (tertiary/aromatic N) is 2. The van der Waals surface area contributed by atoms with Crippen LogP contribution in [0.25, 0.3) is 0 Å². The third-order valence-electron chi connectivity index (χ3n) is 5.04. The molecule has 1 aromatic carbocycles. The molecule has 0 saturated carbocycles. The van der Waals surface area contributed by atoms with E-state index in [0.717, 1.165) is 22.4 Å². The molecule has 0 aliphatic carbocycles. The number of hydrogen-bond acceptors (Lipinski definition) is 7. The first kappa shape index (κ1) is 37.4. The second-order valence-corrected chi connectivity index (χ2v) is 11.4. The molecular weight excluding hydrogens is 565 g/mol. The number of esters is 1. The van der Waals surface area contributed by atoms with Gasteiger partial charge in [0.25, 0.3) is 0 Å². The van der Waals surface area contributed by atoms with E-state index in [2.05, 4.69) is 17.9 Å². The Kier molecular flexibility index (Phi) is 19.2. The second kappa shape index (κ2) is 18.5. The van der Waals surface area contributed by atoms with Crippen molar-refractivity contribution in [1.29, 1.82) is 0 Å². The van der Waals surface area contributed by atoms with Crippen molar-refractivity contribution in [2.45, 2.75) is 58.2 Å². The molecule has 5 atom stereocenters. The molecular formula is C21H41N2O8P3S2. The van der Waals surface area contributed by atoms with E-state index in [-0.39, 0.29) is 16.5 Å². The van der Waals surface area contributed by atoms with Crippen LogP contribution in [0.3, 0.4) is 0 Å². The van der Waals surface area contributed by atoms with Crippen molar-refractivity contribution in [1.82, 2.24) is 8.61 Å². The molecule has 0 amide bonds. The van der Waals surface area contributed by atoms with Gasteiger partial charge in [0.1, 0.15) is 18.7 Å². The number of carbonyl (C=O) groups excluding carboxylic acids is 1. The fourth-order valence-corrected chi connectivity index (χ4v) is 5.81. The van der Waals surface area contributed by atoms with Gasteiger partial charge >= 0.3 is 11.9 Å². The second-order valence-electron chi connectivity index (χ2n) is 7.50. The molecule has 0 aromatic heterocycles. The first-order chi connectivity index (χ1) is 16.4. The molecule has 0 spiro atoms. The average molecular weight is 607 g/mol. The summed E-state index contributed by atoms with van der Waals surface area (Å²) in [5, 5.41) is 8.64. The van der Waals surface area contributed by atoms with Crippen LogP contribution in [0.15, 0.2) is 30.3 Å². The van der Waals surface area contributed by atoms with Crippen LogP contribution in [0.5, 0.6) is 0 Å². The maximum absolute atomic E-state index is 11.9. The minimum Gasteiger partial charge on any atom is -0.480 e. The molecule has 2 saturated heterocycles. The van der Waals surface area contributed by atoms with Crippen LogP contribution in [0, 0.1) is 0 Å². The van der Waals surface area contributed by atoms with E-state index in [1.165, 1.54) is 4.31 Å². The lowest BCUT2D eigenvalue weighted by atomic mass is 10.2. The molecule has 10 nitrogen and oxygen atoms in total. The lowest BCUT2D eigenvalue weighted by Crippen LogP contribution is -2.40. The number of hydrogen-bond donors (Lipinski definition) is 1. The smallest absolute Gasteiger partial charge is 0.324 e. The zero-order valence-corrected chi connectivity index (χ0v) is 26.7. The Balaban J connectivity index is 0. The number of sulfonamides is 2. The summed E-state index contributed by atoms with van der Waals surface area (Å²) in [5.74, 6) is -1.52. The third kappa shape index (κ3) is 12.7. The van der Waals surface area contributed by atoms with Crippen molar-refractivity contribution in [2.75, 3.05) is 25.6 Å². The zero-order valence-electron chi connectivity index (χ0n) is 21.4. The van der Waals surface area contributed by atoms with Gasteiger partial charge in [-0.15, -0.1) is 17.9 Å². The highest BCUT2D eigenvalue weighted by Crippen LogP contribution is 2.22. The van der Waals surface area contributed by atoms with E-state index >= 15 is 0 Å². The van der Waals surface area contributed by atoms with Crippen molar-refractivity contribution >= 4 is 59.7 Å². The normalized spacial score (nSPS) is 19.7. The molecule has 3 rings (SSSR count). The summed E-state index contributed by atoms with van der Waals surface area (Å²) in [4.78, 5) is 22.5. The van der Waals surface area contributed by atoms with Crippen molar-refractivity contribution in [2.24, 2.45) is 0 Å². The van der Waals surface area contributed by atoms with Gasteiger partial charge in [-0.05, 0) is 31.2 Å². The molecule has 2 heterocycles. The van der Waals surface area contributed by atoms with Crippen LogP contribution in [0.2, 0.25) is 0 Å². The number of rotatable bonds is 6. The molecule has 2 aliphatic rings. The Morgan fingerprint density at radius 2 is 1.33 bits per heavy atom. The van der Waals surface area contributed by atoms with E-state index in [1.807, 2.05) is 44.2 Å². The lowest BCUT2D eigenvalue weighted by Gasteiger charge is -2.20. The van der Waals surface area contributed by atoms with Gasteiger partial charge in [0.2, 0.25) is 20.0 Å². The monoisotopic (exact) mass is 606 g/mol. The molecule has 0 radical (unpaired) electrons. The number of aliphatic carboxylic acids is 1. The van der Waals surface area contributed by atoms with Crippen molar-refractivity contribution in [3.63, 3.8) is 0 Å². The number of carboxylic acid groups (broad SMARTS) is 1. The first-order valence-corrected chi connectivity index (χ1v) is 17.5. The summed E-state index contributed by atoms with van der Waals surface area (Å²) >= 11 is 0. The highest BCUT2D eigenvalue weighted by Gasteiger charge is 2.37. The topological polar surface area (TPSA) is 138 Å². The van der Waals surface area contributed by atoms with Crippen molar-refractivity contribution in [3.8, 4) is 0 Å². The number of carboxylic acids is 1. The van der Waals surface area contributed by atoms with Gasteiger partial charge in [-0.1, -0.05) is 44.2 Å². The quantitative estimate of drug-likeness (QED) is 0.385. The molecule has 36 heavy (non-hydrogen) atoms. The largest absolute Gasteiger partial charge is 0.480 e. The molecule has 210 valence electrons. The van der Waals surface area contributed by atoms with Gasteiger partial charge in [-0.2, -0.15) is 18.5 Å². The standard InChI is InChI=1S/C13H17NO4S.C6H11NO4S.C2H6.H4P2.H3P/c1-19(16,17)14-9-5-8-12(14)13(15)18-10-11-6-3-2-4-7-11;1-12(10,11)7-4-2-3-5(7)6(8)9;2*1-2;/h2-4,6-7,12H,5,8-10H2,1H3;5H,2-4H2,1H3,(H,8,9);1-2H3;1-2H2;1H3/t12-;5-;;;/m00.../s1. The first-order valence-electron chi connectivity index (χ1n) is 11.1. The van der Waals surface area contributed by atoms with E-state index in [0.29, 0.717) is 38.8 Å². The maximum Gasteiger partial charge on any atom is 0.324 e. The van der Waals surface area contributed by atoms with E-state index in [9.17, 15) is 26.4 Å². The van der Waals surface area contributed by atoms with Crippen LogP contribution >= 0.6 is 27.8 Å². The molecule has 15 heteroatoms. The predicted octanol–water partition coefficient (Wildman–Crippen LogP) is 2.38. The van der Waals surface area contributed by atoms with Crippen LogP contribution < -0.4 is 0 Å². The molecule has 1 aromatic rings. The summed E-state index contributed by atoms with van der Waals surface area (Å²) in [6.45, 7) is 4.90. The summed E-state index contributed by atoms with van der Waals surface area (Å²) < 4.78 is 52.6. The average Bonchev–Trinajstić information content (AvgIpc) is 3.51. The molecule has 2 aliphatic heterocycles. The highest BCUT2D eigenvalue weighted by molar-refractivity contribution is 7.92. The molecule has 2 fully saturated rings. The fraction of sp³-hybridized carbons (Fsp3) is 0.619. The van der Waals surface area contributed by atoms with Gasteiger partial charge in [0, 0.05) is 13.1 Å². The number of benzene rings is 1. The Morgan fingerprint density at radius 1 is 0.917 bits per heavy atom. The maximum atomic E-state index is 11.9.